The SMILES string of the molecule is N#Cc1ccc(OCC(=O)N/N=C/c2sc(Nc3ccccc3)nc2Cl)cc1. The standard InChI is InChI=1S/C19H14ClN5O2S/c20-18-16(28-19(24-18)23-14-4-2-1-3-5-14)11-22-25-17(26)12-27-15-8-6-13(10-21)7-9-15/h1-9,11H,12H2,(H,23,24)(H,25,26)/b22-11+. The maximum absolute atomic E-state index is 11.8. The van der Waals surface area contributed by atoms with Crippen molar-refractivity contribution in [3.05, 3.63) is 70.2 Å². The van der Waals surface area contributed by atoms with Gasteiger partial charge in [-0.05, 0) is 36.4 Å². The summed E-state index contributed by atoms with van der Waals surface area (Å²) in [7, 11) is 0. The van der Waals surface area contributed by atoms with Gasteiger partial charge in [-0.1, -0.05) is 41.1 Å². The molecule has 0 saturated heterocycles. The minimum Gasteiger partial charge on any atom is -0.484 e. The van der Waals surface area contributed by atoms with Crippen molar-refractivity contribution < 1.29 is 9.53 Å². The van der Waals surface area contributed by atoms with Crippen molar-refractivity contribution in [1.82, 2.24) is 10.4 Å². The molecule has 0 saturated carbocycles. The monoisotopic (exact) mass is 411 g/mol. The summed E-state index contributed by atoms with van der Waals surface area (Å²) in [6, 6.07) is 18.0. The van der Waals surface area contributed by atoms with Crippen LogP contribution in [0.25, 0.3) is 0 Å². The number of halogens is 1. The van der Waals surface area contributed by atoms with Crippen LogP contribution < -0.4 is 15.5 Å². The van der Waals surface area contributed by atoms with Crippen LogP contribution in [-0.2, 0) is 4.79 Å². The third-order valence-corrected chi connectivity index (χ3v) is 4.66. The molecule has 28 heavy (non-hydrogen) atoms. The summed E-state index contributed by atoms with van der Waals surface area (Å²) in [4.78, 5) is 16.6. The fourth-order valence-corrected chi connectivity index (χ4v) is 3.11. The smallest absolute Gasteiger partial charge is 0.277 e. The molecule has 140 valence electrons. The topological polar surface area (TPSA) is 99.4 Å². The minimum absolute atomic E-state index is 0.208. The van der Waals surface area contributed by atoms with Crippen LogP contribution in [0, 0.1) is 11.3 Å². The van der Waals surface area contributed by atoms with E-state index >= 15 is 0 Å². The zero-order chi connectivity index (χ0) is 19.8. The highest BCUT2D eigenvalue weighted by molar-refractivity contribution is 7.17. The second-order valence-electron chi connectivity index (χ2n) is 5.38. The molecule has 3 aromatic rings. The lowest BCUT2D eigenvalue weighted by atomic mass is 10.2. The van der Waals surface area contributed by atoms with Crippen molar-refractivity contribution in [2.45, 2.75) is 0 Å². The number of aromatic nitrogens is 1. The van der Waals surface area contributed by atoms with Crippen molar-refractivity contribution >= 4 is 45.9 Å². The van der Waals surface area contributed by atoms with E-state index in [1.165, 1.54) is 17.6 Å². The fourth-order valence-electron chi connectivity index (χ4n) is 2.06. The Hall–Kier alpha value is -3.41. The van der Waals surface area contributed by atoms with Gasteiger partial charge in [0.15, 0.2) is 16.9 Å². The first-order chi connectivity index (χ1) is 13.6. The van der Waals surface area contributed by atoms with Gasteiger partial charge in [0.2, 0.25) is 0 Å². The summed E-state index contributed by atoms with van der Waals surface area (Å²) in [6.07, 6.45) is 1.43. The number of benzene rings is 2. The Kier molecular flexibility index (Phi) is 6.57. The molecule has 0 aliphatic rings. The number of amides is 1. The van der Waals surface area contributed by atoms with Gasteiger partial charge in [0.25, 0.3) is 5.91 Å². The van der Waals surface area contributed by atoms with Gasteiger partial charge in [-0.15, -0.1) is 0 Å². The Morgan fingerprint density at radius 3 is 2.71 bits per heavy atom. The molecule has 0 aliphatic heterocycles. The third-order valence-electron chi connectivity index (χ3n) is 3.36. The molecule has 0 atom stereocenters. The molecular weight excluding hydrogens is 398 g/mol. The number of hydrazone groups is 1. The number of nitriles is 1. The second-order valence-corrected chi connectivity index (χ2v) is 6.77. The molecule has 2 aromatic carbocycles. The van der Waals surface area contributed by atoms with Gasteiger partial charge in [0.05, 0.1) is 22.7 Å². The number of nitrogens with zero attached hydrogens (tertiary/aromatic N) is 3. The van der Waals surface area contributed by atoms with E-state index in [1.807, 2.05) is 36.4 Å². The highest BCUT2D eigenvalue weighted by atomic mass is 35.5. The van der Waals surface area contributed by atoms with Crippen LogP contribution in [0.4, 0.5) is 10.8 Å². The quantitative estimate of drug-likeness (QED) is 0.453. The lowest BCUT2D eigenvalue weighted by molar-refractivity contribution is -0.123. The maximum atomic E-state index is 11.8. The van der Waals surface area contributed by atoms with Gasteiger partial charge in [0.1, 0.15) is 5.75 Å². The number of thiazole rings is 1. The molecule has 0 unspecified atom stereocenters. The van der Waals surface area contributed by atoms with E-state index in [9.17, 15) is 4.79 Å². The Morgan fingerprint density at radius 1 is 1.25 bits per heavy atom. The molecule has 1 aromatic heterocycles. The zero-order valence-corrected chi connectivity index (χ0v) is 16.0. The number of hydrogen-bond acceptors (Lipinski definition) is 7. The highest BCUT2D eigenvalue weighted by Gasteiger charge is 2.08. The Morgan fingerprint density at radius 2 is 2.00 bits per heavy atom. The van der Waals surface area contributed by atoms with Gasteiger partial charge in [-0.2, -0.15) is 10.4 Å². The normalized spacial score (nSPS) is 10.4. The second kappa shape index (κ2) is 9.50. The molecule has 0 fully saturated rings. The molecule has 0 radical (unpaired) electrons. The van der Waals surface area contributed by atoms with E-state index in [4.69, 9.17) is 21.6 Å². The number of para-hydroxylation sites is 1. The number of rotatable bonds is 7. The lowest BCUT2D eigenvalue weighted by Gasteiger charge is -2.04. The predicted molar refractivity (Wildman–Crippen MR) is 109 cm³/mol. The summed E-state index contributed by atoms with van der Waals surface area (Å²) in [5.74, 6) is 0.0594. The highest BCUT2D eigenvalue weighted by Crippen LogP contribution is 2.27. The lowest BCUT2D eigenvalue weighted by Crippen LogP contribution is -2.24. The number of ether oxygens (including phenoxy) is 1. The zero-order valence-electron chi connectivity index (χ0n) is 14.4. The van der Waals surface area contributed by atoms with Crippen LogP contribution in [0.3, 0.4) is 0 Å². The van der Waals surface area contributed by atoms with Gasteiger partial charge >= 0.3 is 0 Å². The van der Waals surface area contributed by atoms with E-state index in [0.717, 1.165) is 5.69 Å². The van der Waals surface area contributed by atoms with E-state index in [2.05, 4.69) is 20.8 Å². The molecule has 7 nitrogen and oxygen atoms in total. The molecule has 1 amide bonds. The molecule has 1 heterocycles. The summed E-state index contributed by atoms with van der Waals surface area (Å²) in [6.45, 7) is -0.208. The first-order valence-electron chi connectivity index (χ1n) is 8.07. The molecular formula is C19H14ClN5O2S. The van der Waals surface area contributed by atoms with Gasteiger partial charge in [0, 0.05) is 5.69 Å². The van der Waals surface area contributed by atoms with Gasteiger partial charge in [-0.3, -0.25) is 4.79 Å². The molecule has 0 bridgehead atoms. The predicted octanol–water partition coefficient (Wildman–Crippen LogP) is 3.94. The maximum Gasteiger partial charge on any atom is 0.277 e. The third kappa shape index (κ3) is 5.54. The number of carbonyl (C=O) groups excluding carboxylic acids is 1. The van der Waals surface area contributed by atoms with Crippen molar-refractivity contribution in [2.75, 3.05) is 11.9 Å². The molecule has 9 heteroatoms. The number of nitrogens with one attached hydrogen (secondary N) is 2. The van der Waals surface area contributed by atoms with E-state index in [1.54, 1.807) is 24.3 Å². The van der Waals surface area contributed by atoms with Crippen LogP contribution in [0.15, 0.2) is 59.7 Å². The minimum atomic E-state index is -0.427. The van der Waals surface area contributed by atoms with Crippen LogP contribution in [0.2, 0.25) is 5.15 Å². The van der Waals surface area contributed by atoms with E-state index in [0.29, 0.717) is 21.3 Å². The summed E-state index contributed by atoms with van der Waals surface area (Å²) in [5, 5.41) is 16.7. The van der Waals surface area contributed by atoms with Gasteiger partial charge in [-0.25, -0.2) is 10.4 Å². The van der Waals surface area contributed by atoms with Crippen LogP contribution >= 0.6 is 22.9 Å². The summed E-state index contributed by atoms with van der Waals surface area (Å²) < 4.78 is 5.32. The molecule has 3 rings (SSSR count). The Bertz CT molecular complexity index is 1010. The van der Waals surface area contributed by atoms with Crippen molar-refractivity contribution in [1.29, 1.82) is 5.26 Å². The molecule has 2 N–H and O–H groups in total. The number of hydrogen-bond donors (Lipinski definition) is 2. The van der Waals surface area contributed by atoms with E-state index < -0.39 is 5.91 Å². The van der Waals surface area contributed by atoms with Crippen LogP contribution in [0.5, 0.6) is 5.75 Å². The Labute approximate surface area is 170 Å². The first kappa shape index (κ1) is 19.4. The molecule has 0 aliphatic carbocycles. The largest absolute Gasteiger partial charge is 0.484 e. The first-order valence-corrected chi connectivity index (χ1v) is 9.27. The van der Waals surface area contributed by atoms with Crippen molar-refractivity contribution in [2.24, 2.45) is 5.10 Å². The number of carbonyl (C=O) groups is 1. The van der Waals surface area contributed by atoms with Crippen molar-refractivity contribution in [3.8, 4) is 11.8 Å². The van der Waals surface area contributed by atoms with Crippen molar-refractivity contribution in [3.63, 3.8) is 0 Å². The summed E-state index contributed by atoms with van der Waals surface area (Å²) in [5.41, 5.74) is 3.77. The van der Waals surface area contributed by atoms with Gasteiger partial charge < -0.3 is 10.1 Å². The van der Waals surface area contributed by atoms with Crippen LogP contribution in [0.1, 0.15) is 10.4 Å². The number of anilines is 2. The Balaban J connectivity index is 1.49. The van der Waals surface area contributed by atoms with Crippen LogP contribution in [-0.4, -0.2) is 23.7 Å². The average Bonchev–Trinajstić information content (AvgIpc) is 3.06. The van der Waals surface area contributed by atoms with E-state index in [-0.39, 0.29) is 11.8 Å². The summed E-state index contributed by atoms with van der Waals surface area (Å²) >= 11 is 7.41. The average molecular weight is 412 g/mol. The molecule has 0 spiro atoms. The fraction of sp³-hybridized carbons (Fsp3) is 0.0526.